The number of nitrogens with zero attached hydrogens (tertiary/aromatic N) is 1. The maximum atomic E-state index is 10.8. The van der Waals surface area contributed by atoms with Crippen LogP contribution in [-0.4, -0.2) is 17.3 Å². The number of carboxylic acid groups (broad SMARTS) is 1. The van der Waals surface area contributed by atoms with E-state index >= 15 is 0 Å². The molecule has 0 unspecified atom stereocenters. The van der Waals surface area contributed by atoms with Crippen LogP contribution < -0.4 is 5.43 Å². The van der Waals surface area contributed by atoms with E-state index in [-0.39, 0.29) is 5.56 Å². The van der Waals surface area contributed by atoms with Crippen LogP contribution >= 0.6 is 0 Å². The largest absolute Gasteiger partial charge is 0.478 e. The summed E-state index contributed by atoms with van der Waals surface area (Å²) in [6.45, 7) is 0. The topological polar surface area (TPSA) is 61.7 Å². The van der Waals surface area contributed by atoms with E-state index in [4.69, 9.17) is 5.11 Å². The van der Waals surface area contributed by atoms with E-state index in [1.54, 1.807) is 18.3 Å². The van der Waals surface area contributed by atoms with Crippen molar-refractivity contribution in [3.63, 3.8) is 0 Å². The Bertz CT molecular complexity index is 634. The van der Waals surface area contributed by atoms with Crippen LogP contribution in [0.4, 0.5) is 5.69 Å². The normalized spacial score (nSPS) is 11.0. The summed E-state index contributed by atoms with van der Waals surface area (Å²) in [5, 5.41) is 12.9. The average Bonchev–Trinajstić information content (AvgIpc) is 2.48. The van der Waals surface area contributed by atoms with E-state index in [2.05, 4.69) is 10.5 Å². The van der Waals surface area contributed by atoms with Gasteiger partial charge in [-0.25, -0.2) is 4.79 Å². The van der Waals surface area contributed by atoms with Gasteiger partial charge >= 0.3 is 5.97 Å². The molecule has 2 aromatic rings. The molecule has 0 fully saturated rings. The zero-order chi connectivity index (χ0) is 14.2. The number of anilines is 1. The minimum Gasteiger partial charge on any atom is -0.478 e. The van der Waals surface area contributed by atoms with Crippen LogP contribution in [0.5, 0.6) is 0 Å². The Morgan fingerprint density at radius 3 is 2.65 bits per heavy atom. The second kappa shape index (κ2) is 6.89. The second-order valence-electron chi connectivity index (χ2n) is 4.05. The fraction of sp³-hybridized carbons (Fsp3) is 0. The van der Waals surface area contributed by atoms with Gasteiger partial charge in [0.05, 0.1) is 11.3 Å². The molecule has 2 rings (SSSR count). The maximum absolute atomic E-state index is 10.8. The number of hydrogen-bond acceptors (Lipinski definition) is 3. The molecule has 0 amide bonds. The molecule has 0 saturated heterocycles. The van der Waals surface area contributed by atoms with Gasteiger partial charge in [0.1, 0.15) is 0 Å². The van der Waals surface area contributed by atoms with Crippen LogP contribution in [0.2, 0.25) is 0 Å². The van der Waals surface area contributed by atoms with E-state index in [0.29, 0.717) is 5.69 Å². The first kappa shape index (κ1) is 13.5. The number of carbonyl (C=O) groups is 1. The van der Waals surface area contributed by atoms with Crippen LogP contribution in [0.1, 0.15) is 15.9 Å². The SMILES string of the molecule is O=C(O)c1cccc(N/N=C\C=C\c2ccccc2)c1. The van der Waals surface area contributed by atoms with E-state index < -0.39 is 5.97 Å². The molecule has 0 saturated carbocycles. The lowest BCUT2D eigenvalue weighted by Gasteiger charge is -2.00. The minimum absolute atomic E-state index is 0.227. The van der Waals surface area contributed by atoms with Gasteiger partial charge in [-0.15, -0.1) is 0 Å². The standard InChI is InChI=1S/C16H14N2O2/c19-16(20)14-9-4-10-15(12-14)18-17-11-5-8-13-6-2-1-3-7-13/h1-12,18H,(H,19,20)/b8-5+,17-11-. The van der Waals surface area contributed by atoms with Crippen LogP contribution in [-0.2, 0) is 0 Å². The molecule has 4 nitrogen and oxygen atoms in total. The Kier molecular flexibility index (Phi) is 4.67. The lowest BCUT2D eigenvalue weighted by molar-refractivity contribution is 0.0697. The van der Waals surface area contributed by atoms with Crippen molar-refractivity contribution >= 4 is 23.9 Å². The molecule has 2 N–H and O–H groups in total. The van der Waals surface area contributed by atoms with Crippen molar-refractivity contribution in [1.29, 1.82) is 0 Å². The summed E-state index contributed by atoms with van der Waals surface area (Å²) in [4.78, 5) is 10.8. The number of nitrogens with one attached hydrogen (secondary N) is 1. The third-order valence-electron chi connectivity index (χ3n) is 2.55. The summed E-state index contributed by atoms with van der Waals surface area (Å²) < 4.78 is 0. The highest BCUT2D eigenvalue weighted by molar-refractivity contribution is 5.88. The number of rotatable bonds is 5. The molecule has 20 heavy (non-hydrogen) atoms. The van der Waals surface area contributed by atoms with Gasteiger partial charge in [-0.1, -0.05) is 42.5 Å². The summed E-state index contributed by atoms with van der Waals surface area (Å²) in [5.74, 6) is -0.957. The van der Waals surface area contributed by atoms with Crippen LogP contribution in [0.3, 0.4) is 0 Å². The number of aromatic carboxylic acids is 1. The number of allylic oxidation sites excluding steroid dienone is 1. The molecular formula is C16H14N2O2. The molecule has 0 aromatic heterocycles. The first-order chi connectivity index (χ1) is 9.75. The summed E-state index contributed by atoms with van der Waals surface area (Å²) in [6.07, 6.45) is 5.35. The van der Waals surface area contributed by atoms with E-state index in [0.717, 1.165) is 5.56 Å². The number of carboxylic acids is 1. The third-order valence-corrected chi connectivity index (χ3v) is 2.55. The van der Waals surface area contributed by atoms with Crippen LogP contribution in [0, 0.1) is 0 Å². The van der Waals surface area contributed by atoms with Gasteiger partial charge < -0.3 is 5.11 Å². The molecule has 2 aromatic carbocycles. The molecule has 0 heterocycles. The Hall–Kier alpha value is -2.88. The van der Waals surface area contributed by atoms with E-state index in [9.17, 15) is 4.79 Å². The highest BCUT2D eigenvalue weighted by atomic mass is 16.4. The zero-order valence-electron chi connectivity index (χ0n) is 10.7. The fourth-order valence-electron chi connectivity index (χ4n) is 1.59. The lowest BCUT2D eigenvalue weighted by atomic mass is 10.2. The van der Waals surface area contributed by atoms with Crippen molar-refractivity contribution in [2.24, 2.45) is 5.10 Å². The molecule has 0 radical (unpaired) electrons. The molecule has 0 atom stereocenters. The van der Waals surface area contributed by atoms with Crippen molar-refractivity contribution in [3.05, 3.63) is 71.8 Å². The van der Waals surface area contributed by atoms with Crippen molar-refractivity contribution in [2.75, 3.05) is 5.43 Å². The van der Waals surface area contributed by atoms with Gasteiger partial charge in [0.2, 0.25) is 0 Å². The molecule has 0 spiro atoms. The first-order valence-corrected chi connectivity index (χ1v) is 6.10. The summed E-state index contributed by atoms with van der Waals surface area (Å²) in [5.41, 5.74) is 4.73. The fourth-order valence-corrected chi connectivity index (χ4v) is 1.59. The van der Waals surface area contributed by atoms with Crippen molar-refractivity contribution < 1.29 is 9.90 Å². The number of hydrogen-bond donors (Lipinski definition) is 2. The first-order valence-electron chi connectivity index (χ1n) is 6.10. The minimum atomic E-state index is -0.957. The summed E-state index contributed by atoms with van der Waals surface area (Å²) in [7, 11) is 0. The van der Waals surface area contributed by atoms with Crippen LogP contribution in [0.25, 0.3) is 6.08 Å². The number of hydrazone groups is 1. The average molecular weight is 266 g/mol. The Morgan fingerprint density at radius 2 is 1.90 bits per heavy atom. The third kappa shape index (κ3) is 4.10. The Balaban J connectivity index is 1.92. The van der Waals surface area contributed by atoms with Crippen molar-refractivity contribution in [3.8, 4) is 0 Å². The van der Waals surface area contributed by atoms with E-state index in [1.807, 2.05) is 42.5 Å². The maximum Gasteiger partial charge on any atom is 0.335 e. The van der Waals surface area contributed by atoms with Crippen molar-refractivity contribution in [2.45, 2.75) is 0 Å². The molecular weight excluding hydrogens is 252 g/mol. The number of benzene rings is 2. The molecule has 0 aliphatic rings. The molecule has 0 bridgehead atoms. The molecule has 0 aliphatic heterocycles. The smallest absolute Gasteiger partial charge is 0.335 e. The van der Waals surface area contributed by atoms with Gasteiger partial charge in [-0.3, -0.25) is 5.43 Å². The molecule has 100 valence electrons. The van der Waals surface area contributed by atoms with Gasteiger partial charge in [0, 0.05) is 6.21 Å². The Morgan fingerprint density at radius 1 is 1.10 bits per heavy atom. The predicted octanol–water partition coefficient (Wildman–Crippen LogP) is 3.50. The summed E-state index contributed by atoms with van der Waals surface area (Å²) >= 11 is 0. The predicted molar refractivity (Wildman–Crippen MR) is 81.0 cm³/mol. The van der Waals surface area contributed by atoms with Crippen LogP contribution in [0.15, 0.2) is 65.8 Å². The monoisotopic (exact) mass is 266 g/mol. The van der Waals surface area contributed by atoms with Gasteiger partial charge in [0.15, 0.2) is 0 Å². The highest BCUT2D eigenvalue weighted by Gasteiger charge is 2.01. The zero-order valence-corrected chi connectivity index (χ0v) is 10.7. The van der Waals surface area contributed by atoms with Gasteiger partial charge in [0.25, 0.3) is 0 Å². The van der Waals surface area contributed by atoms with Crippen molar-refractivity contribution in [1.82, 2.24) is 0 Å². The second-order valence-corrected chi connectivity index (χ2v) is 4.05. The highest BCUT2D eigenvalue weighted by Crippen LogP contribution is 2.10. The lowest BCUT2D eigenvalue weighted by Crippen LogP contribution is -1.97. The van der Waals surface area contributed by atoms with E-state index in [1.165, 1.54) is 12.1 Å². The molecule has 0 aliphatic carbocycles. The Labute approximate surface area is 117 Å². The summed E-state index contributed by atoms with van der Waals surface area (Å²) in [6, 6.07) is 16.4. The quantitative estimate of drug-likeness (QED) is 0.643. The van der Waals surface area contributed by atoms with Gasteiger partial charge in [-0.05, 0) is 29.8 Å². The molecule has 4 heteroatoms. The van der Waals surface area contributed by atoms with Gasteiger partial charge in [-0.2, -0.15) is 5.10 Å².